The Balaban J connectivity index is 2.64. The summed E-state index contributed by atoms with van der Waals surface area (Å²) < 4.78 is 0. The van der Waals surface area contributed by atoms with Gasteiger partial charge in [0.2, 0.25) is 5.91 Å². The number of rotatable bonds is 6. The summed E-state index contributed by atoms with van der Waals surface area (Å²) in [6.45, 7) is 1.42. The maximum absolute atomic E-state index is 11.8. The zero-order valence-electron chi connectivity index (χ0n) is 10.1. The van der Waals surface area contributed by atoms with Crippen molar-refractivity contribution in [3.63, 3.8) is 0 Å². The number of hydrogen-bond acceptors (Lipinski definition) is 4. The highest BCUT2D eigenvalue weighted by atomic mass is 16.2. The highest BCUT2D eigenvalue weighted by Gasteiger charge is 2.19. The van der Waals surface area contributed by atoms with Crippen LogP contribution in [0.15, 0.2) is 24.5 Å². The van der Waals surface area contributed by atoms with Crippen molar-refractivity contribution in [3.8, 4) is 0 Å². The van der Waals surface area contributed by atoms with Gasteiger partial charge in [-0.15, -0.1) is 0 Å². The summed E-state index contributed by atoms with van der Waals surface area (Å²) in [5, 5.41) is 2.48. The molecule has 1 aromatic heterocycles. The molecule has 0 aromatic carbocycles. The summed E-state index contributed by atoms with van der Waals surface area (Å²) in [5.41, 5.74) is 5.51. The van der Waals surface area contributed by atoms with Crippen LogP contribution in [0.2, 0.25) is 0 Å². The van der Waals surface area contributed by atoms with Crippen molar-refractivity contribution in [1.82, 2.24) is 10.3 Å². The molecular formula is C12H15N3O3. The normalized spacial score (nSPS) is 11.6. The topological polar surface area (TPSA) is 102 Å². The van der Waals surface area contributed by atoms with Gasteiger partial charge in [0.1, 0.15) is 11.8 Å². The molecule has 0 saturated carbocycles. The van der Waals surface area contributed by atoms with Gasteiger partial charge in [-0.2, -0.15) is 0 Å². The van der Waals surface area contributed by atoms with Gasteiger partial charge in [0, 0.05) is 18.8 Å². The lowest BCUT2D eigenvalue weighted by Gasteiger charge is -2.14. The number of carbonyl (C=O) groups excluding carboxylic acids is 3. The van der Waals surface area contributed by atoms with Gasteiger partial charge in [0.15, 0.2) is 0 Å². The fraction of sp³-hybridized carbons (Fsp3) is 0.333. The lowest BCUT2D eigenvalue weighted by molar-refractivity contribution is -0.120. The molecule has 0 saturated heterocycles. The largest absolute Gasteiger partial charge is 0.368 e. The molecule has 0 spiro atoms. The number of amides is 2. The van der Waals surface area contributed by atoms with Crippen molar-refractivity contribution in [2.24, 2.45) is 5.73 Å². The molecule has 6 heteroatoms. The summed E-state index contributed by atoms with van der Waals surface area (Å²) in [6, 6.07) is 2.34. The van der Waals surface area contributed by atoms with Crippen molar-refractivity contribution in [1.29, 1.82) is 0 Å². The van der Waals surface area contributed by atoms with Crippen LogP contribution >= 0.6 is 0 Å². The molecule has 1 atom stereocenters. The van der Waals surface area contributed by atoms with E-state index in [1.54, 1.807) is 12.1 Å². The van der Waals surface area contributed by atoms with Crippen molar-refractivity contribution in [2.45, 2.75) is 25.8 Å². The number of pyridine rings is 1. The monoisotopic (exact) mass is 249 g/mol. The first-order valence-electron chi connectivity index (χ1n) is 5.50. The van der Waals surface area contributed by atoms with Gasteiger partial charge in [-0.3, -0.25) is 14.6 Å². The average molecular weight is 249 g/mol. The second-order valence-corrected chi connectivity index (χ2v) is 3.91. The van der Waals surface area contributed by atoms with Crippen molar-refractivity contribution in [3.05, 3.63) is 30.1 Å². The van der Waals surface area contributed by atoms with Gasteiger partial charge in [0.05, 0.1) is 5.56 Å². The van der Waals surface area contributed by atoms with Gasteiger partial charge in [-0.25, -0.2) is 0 Å². The predicted molar refractivity (Wildman–Crippen MR) is 64.6 cm³/mol. The SMILES string of the molecule is CC(=O)CC[C@@H](NC(=O)c1cccnc1)C(N)=O. The molecular weight excluding hydrogens is 234 g/mol. The van der Waals surface area contributed by atoms with E-state index in [9.17, 15) is 14.4 Å². The fourth-order valence-electron chi connectivity index (χ4n) is 1.37. The highest BCUT2D eigenvalue weighted by molar-refractivity contribution is 5.97. The Morgan fingerprint density at radius 3 is 2.67 bits per heavy atom. The van der Waals surface area contributed by atoms with E-state index in [-0.39, 0.29) is 18.6 Å². The van der Waals surface area contributed by atoms with Gasteiger partial charge >= 0.3 is 0 Å². The predicted octanol–water partition coefficient (Wildman–Crippen LogP) is 0.0345. The fourth-order valence-corrected chi connectivity index (χ4v) is 1.37. The maximum Gasteiger partial charge on any atom is 0.253 e. The molecule has 1 rings (SSSR count). The first-order valence-corrected chi connectivity index (χ1v) is 5.50. The molecule has 96 valence electrons. The maximum atomic E-state index is 11.8. The second kappa shape index (κ2) is 6.48. The van der Waals surface area contributed by atoms with Crippen LogP contribution in [0.25, 0.3) is 0 Å². The van der Waals surface area contributed by atoms with Crippen LogP contribution in [0.4, 0.5) is 0 Å². The third kappa shape index (κ3) is 4.32. The molecule has 0 bridgehead atoms. The number of Topliss-reactive ketones (excluding diaryl/α,β-unsaturated/α-hetero) is 1. The number of hydrogen-bond donors (Lipinski definition) is 2. The number of aromatic nitrogens is 1. The smallest absolute Gasteiger partial charge is 0.253 e. The van der Waals surface area contributed by atoms with Crippen LogP contribution in [0.3, 0.4) is 0 Å². The lowest BCUT2D eigenvalue weighted by Crippen LogP contribution is -2.44. The van der Waals surface area contributed by atoms with Gasteiger partial charge < -0.3 is 15.8 Å². The quantitative estimate of drug-likeness (QED) is 0.742. The first kappa shape index (κ1) is 13.8. The van der Waals surface area contributed by atoms with Crippen LogP contribution in [-0.4, -0.2) is 28.6 Å². The van der Waals surface area contributed by atoms with Crippen molar-refractivity contribution >= 4 is 17.6 Å². The summed E-state index contributed by atoms with van der Waals surface area (Å²) in [4.78, 5) is 37.6. The molecule has 1 heterocycles. The lowest BCUT2D eigenvalue weighted by atomic mass is 10.1. The van der Waals surface area contributed by atoms with Crippen molar-refractivity contribution in [2.75, 3.05) is 0 Å². The highest BCUT2D eigenvalue weighted by Crippen LogP contribution is 2.01. The van der Waals surface area contributed by atoms with E-state index in [1.807, 2.05) is 0 Å². The van der Waals surface area contributed by atoms with Crippen LogP contribution in [0, 0.1) is 0 Å². The summed E-state index contributed by atoms with van der Waals surface area (Å²) in [6.07, 6.45) is 3.33. The van der Waals surface area contributed by atoms with E-state index >= 15 is 0 Å². The average Bonchev–Trinajstić information content (AvgIpc) is 2.34. The Labute approximate surface area is 105 Å². The van der Waals surface area contributed by atoms with E-state index < -0.39 is 17.9 Å². The van der Waals surface area contributed by atoms with Gasteiger partial charge in [-0.05, 0) is 25.5 Å². The van der Waals surface area contributed by atoms with E-state index in [0.29, 0.717) is 5.56 Å². The first-order chi connectivity index (χ1) is 8.50. The van der Waals surface area contributed by atoms with E-state index in [0.717, 1.165) is 0 Å². The Morgan fingerprint density at radius 1 is 1.44 bits per heavy atom. The number of carbonyl (C=O) groups is 3. The minimum Gasteiger partial charge on any atom is -0.368 e. The molecule has 18 heavy (non-hydrogen) atoms. The van der Waals surface area contributed by atoms with Crippen LogP contribution in [0.5, 0.6) is 0 Å². The standard InChI is InChI=1S/C12H15N3O3/c1-8(16)4-5-10(11(13)17)15-12(18)9-3-2-6-14-7-9/h2-3,6-7,10H,4-5H2,1H3,(H2,13,17)(H,15,18)/t10-/m1/s1. The van der Waals surface area contributed by atoms with Crippen LogP contribution < -0.4 is 11.1 Å². The molecule has 0 aliphatic carbocycles. The van der Waals surface area contributed by atoms with Crippen LogP contribution in [-0.2, 0) is 9.59 Å². The zero-order chi connectivity index (χ0) is 13.5. The Bertz CT molecular complexity index is 445. The van der Waals surface area contributed by atoms with E-state index in [2.05, 4.69) is 10.3 Å². The Hall–Kier alpha value is -2.24. The summed E-state index contributed by atoms with van der Waals surface area (Å²) >= 11 is 0. The van der Waals surface area contributed by atoms with Gasteiger partial charge in [0.25, 0.3) is 5.91 Å². The zero-order valence-corrected chi connectivity index (χ0v) is 10.1. The number of ketones is 1. The van der Waals surface area contributed by atoms with Gasteiger partial charge in [-0.1, -0.05) is 0 Å². The number of nitrogens with two attached hydrogens (primary N) is 1. The number of nitrogens with zero attached hydrogens (tertiary/aromatic N) is 1. The minimum absolute atomic E-state index is 0.0584. The number of nitrogens with one attached hydrogen (secondary N) is 1. The minimum atomic E-state index is -0.846. The Kier molecular flexibility index (Phi) is 4.98. The molecule has 3 N–H and O–H groups in total. The molecule has 0 unspecified atom stereocenters. The second-order valence-electron chi connectivity index (χ2n) is 3.91. The summed E-state index contributed by atoms with van der Waals surface area (Å²) in [7, 11) is 0. The summed E-state index contributed by atoms with van der Waals surface area (Å²) in [5.74, 6) is -1.15. The molecule has 0 radical (unpaired) electrons. The van der Waals surface area contributed by atoms with Crippen molar-refractivity contribution < 1.29 is 14.4 Å². The van der Waals surface area contributed by atoms with Crippen LogP contribution in [0.1, 0.15) is 30.1 Å². The van der Waals surface area contributed by atoms with E-state index in [4.69, 9.17) is 5.73 Å². The molecule has 0 aliphatic rings. The third-order valence-electron chi connectivity index (χ3n) is 2.36. The molecule has 2 amide bonds. The molecule has 0 fully saturated rings. The molecule has 0 aliphatic heterocycles. The molecule has 1 aromatic rings. The third-order valence-corrected chi connectivity index (χ3v) is 2.36. The number of primary amides is 1. The Morgan fingerprint density at radius 2 is 2.17 bits per heavy atom. The molecule has 6 nitrogen and oxygen atoms in total. The van der Waals surface area contributed by atoms with E-state index in [1.165, 1.54) is 19.3 Å².